The number of benzene rings is 2. The van der Waals surface area contributed by atoms with Gasteiger partial charge in [0, 0.05) is 24.1 Å². The minimum Gasteiger partial charge on any atom is -0.502 e. The summed E-state index contributed by atoms with van der Waals surface area (Å²) >= 11 is 1.27. The Morgan fingerprint density at radius 3 is 2.91 bits per heavy atom. The normalized spacial score (nSPS) is 11.7. The van der Waals surface area contributed by atoms with E-state index in [-0.39, 0.29) is 0 Å². The van der Waals surface area contributed by atoms with Gasteiger partial charge in [0.15, 0.2) is 10.9 Å². The first-order valence-corrected chi connectivity index (χ1v) is 11.5. The van der Waals surface area contributed by atoms with E-state index >= 15 is 0 Å². The highest BCUT2D eigenvalue weighted by Crippen LogP contribution is 2.34. The number of carbonyl (C=O) groups excluding carboxylic acids is 1. The van der Waals surface area contributed by atoms with Crippen molar-refractivity contribution >= 4 is 49.2 Å². The summed E-state index contributed by atoms with van der Waals surface area (Å²) in [5, 5.41) is 21.8. The molecule has 2 aromatic carbocycles. The molecule has 11 heteroatoms. The summed E-state index contributed by atoms with van der Waals surface area (Å²) < 4.78 is 11.5. The largest absolute Gasteiger partial charge is 0.502 e. The Balaban J connectivity index is 1.35. The number of rotatable bonds is 7. The van der Waals surface area contributed by atoms with Gasteiger partial charge in [-0.25, -0.2) is 9.97 Å². The van der Waals surface area contributed by atoms with Gasteiger partial charge in [-0.1, -0.05) is 34.7 Å². The predicted molar refractivity (Wildman–Crippen MR) is 134 cm³/mol. The van der Waals surface area contributed by atoms with Crippen LogP contribution >= 0.6 is 11.3 Å². The molecule has 3 N–H and O–H groups in total. The van der Waals surface area contributed by atoms with Gasteiger partial charge in [-0.3, -0.25) is 10.1 Å². The number of nitrogens with zero attached hydrogens (tertiary/aromatic N) is 4. The van der Waals surface area contributed by atoms with Gasteiger partial charge in [-0.2, -0.15) is 4.98 Å². The number of aliphatic hydroxyl groups is 1. The molecule has 0 saturated carbocycles. The summed E-state index contributed by atoms with van der Waals surface area (Å²) in [7, 11) is 0. The van der Waals surface area contributed by atoms with Gasteiger partial charge < -0.3 is 19.7 Å². The molecule has 5 rings (SSSR count). The van der Waals surface area contributed by atoms with Gasteiger partial charge in [0.25, 0.3) is 5.91 Å². The number of amides is 1. The Hall–Kier alpha value is -4.51. The second-order valence-electron chi connectivity index (χ2n) is 7.42. The summed E-state index contributed by atoms with van der Waals surface area (Å²) in [5.74, 6) is 0.828. The molecule has 0 atom stereocenters. The number of pyridine rings is 1. The summed E-state index contributed by atoms with van der Waals surface area (Å²) in [5.41, 5.74) is 1.45. The number of aliphatic hydroxyl groups excluding tert-OH is 1. The van der Waals surface area contributed by atoms with Crippen molar-refractivity contribution in [1.82, 2.24) is 20.1 Å². The van der Waals surface area contributed by atoms with Crippen molar-refractivity contribution < 1.29 is 19.2 Å². The minimum absolute atomic E-state index is 0.348. The molecule has 10 nitrogen and oxygen atoms in total. The zero-order chi connectivity index (χ0) is 24.4. The number of ether oxygens (including phenoxy) is 1. The summed E-state index contributed by atoms with van der Waals surface area (Å²) in [6, 6.07) is 13.0. The average molecular weight is 489 g/mol. The van der Waals surface area contributed by atoms with E-state index in [2.05, 4.69) is 30.7 Å². The molecule has 3 heterocycles. The van der Waals surface area contributed by atoms with Crippen molar-refractivity contribution in [2.75, 3.05) is 17.2 Å². The summed E-state index contributed by atoms with van der Waals surface area (Å²) in [6.07, 6.45) is 2.81. The van der Waals surface area contributed by atoms with Gasteiger partial charge in [0.05, 0.1) is 23.0 Å². The Bertz CT molecular complexity index is 1580. The first-order valence-electron chi connectivity index (χ1n) is 10.7. The molecule has 5 aromatic rings. The lowest BCUT2D eigenvalue weighted by Crippen LogP contribution is -2.15. The van der Waals surface area contributed by atoms with Crippen molar-refractivity contribution in [3.63, 3.8) is 0 Å². The molecule has 1 amide bonds. The second-order valence-corrected chi connectivity index (χ2v) is 8.42. The highest BCUT2D eigenvalue weighted by atomic mass is 32.1. The van der Waals surface area contributed by atoms with E-state index in [9.17, 15) is 9.90 Å². The van der Waals surface area contributed by atoms with Crippen LogP contribution in [0.3, 0.4) is 0 Å². The van der Waals surface area contributed by atoms with E-state index in [1.165, 1.54) is 17.5 Å². The van der Waals surface area contributed by atoms with Crippen LogP contribution in [0.1, 0.15) is 12.8 Å². The fourth-order valence-electron chi connectivity index (χ4n) is 3.45. The van der Waals surface area contributed by atoms with E-state index < -0.39 is 11.7 Å². The van der Waals surface area contributed by atoms with E-state index in [0.717, 1.165) is 21.0 Å². The molecule has 0 radical (unpaired) electrons. The Morgan fingerprint density at radius 1 is 1.23 bits per heavy atom. The first kappa shape index (κ1) is 22.3. The molecular formula is C24H20N6O4S. The topological polar surface area (TPSA) is 135 Å². The van der Waals surface area contributed by atoms with E-state index in [1.807, 2.05) is 49.4 Å². The second kappa shape index (κ2) is 9.39. The van der Waals surface area contributed by atoms with E-state index in [1.54, 1.807) is 13.1 Å². The monoisotopic (exact) mass is 488 g/mol. The van der Waals surface area contributed by atoms with Gasteiger partial charge in [-0.05, 0) is 36.6 Å². The summed E-state index contributed by atoms with van der Waals surface area (Å²) in [6.45, 7) is 4.14. The standard InChI is InChI=1S/C24H20N6O4S/c1-3-33-19-6-4-5-17-20(19)35-24(28-17)29-23(32)18(31)12-26-22-16-11-15(21-27-13(2)34-30-21)8-7-14(16)9-10-25-22/h4-12,31H,3H2,1-2H3,(H,25,26)(H,28,29,32). The molecule has 176 valence electrons. The van der Waals surface area contributed by atoms with E-state index in [4.69, 9.17) is 9.26 Å². The third-order valence-corrected chi connectivity index (χ3v) is 6.03. The van der Waals surface area contributed by atoms with Crippen molar-refractivity contribution in [3.8, 4) is 17.1 Å². The maximum Gasteiger partial charge on any atom is 0.293 e. The Morgan fingerprint density at radius 2 is 2.11 bits per heavy atom. The molecule has 0 fully saturated rings. The maximum absolute atomic E-state index is 12.5. The highest BCUT2D eigenvalue weighted by Gasteiger charge is 2.14. The Labute approximate surface area is 203 Å². The van der Waals surface area contributed by atoms with Crippen molar-refractivity contribution in [2.45, 2.75) is 13.8 Å². The number of aryl methyl sites for hydroxylation is 1. The van der Waals surface area contributed by atoms with Crippen LogP contribution in [-0.4, -0.2) is 37.7 Å². The zero-order valence-electron chi connectivity index (χ0n) is 18.8. The van der Waals surface area contributed by atoms with Crippen LogP contribution in [0.15, 0.2) is 65.1 Å². The third kappa shape index (κ3) is 4.62. The van der Waals surface area contributed by atoms with Crippen LogP contribution in [0.4, 0.5) is 10.9 Å². The number of aromatic nitrogens is 4. The summed E-state index contributed by atoms with van der Waals surface area (Å²) in [4.78, 5) is 25.5. The lowest BCUT2D eigenvalue weighted by atomic mass is 10.1. The fourth-order valence-corrected chi connectivity index (χ4v) is 4.38. The highest BCUT2D eigenvalue weighted by molar-refractivity contribution is 7.22. The minimum atomic E-state index is -0.710. The van der Waals surface area contributed by atoms with E-state index in [0.29, 0.717) is 40.5 Å². The molecule has 0 aliphatic heterocycles. The molecular weight excluding hydrogens is 468 g/mol. The molecule has 3 aromatic heterocycles. The predicted octanol–water partition coefficient (Wildman–Crippen LogP) is 5.05. The smallest absolute Gasteiger partial charge is 0.293 e. The number of hydrogen-bond acceptors (Lipinski definition) is 10. The Kier molecular flexibility index (Phi) is 5.98. The van der Waals surface area contributed by atoms with Gasteiger partial charge in [-0.15, -0.1) is 0 Å². The number of fused-ring (bicyclic) bond motifs is 2. The molecule has 35 heavy (non-hydrogen) atoms. The molecule has 0 bridgehead atoms. The molecule has 0 unspecified atom stereocenters. The molecule has 0 spiro atoms. The van der Waals surface area contributed by atoms with Crippen molar-refractivity contribution in [1.29, 1.82) is 0 Å². The number of carbonyl (C=O) groups is 1. The molecule has 0 aliphatic carbocycles. The van der Waals surface area contributed by atoms with Crippen LogP contribution in [0.5, 0.6) is 5.75 Å². The van der Waals surface area contributed by atoms with Crippen LogP contribution in [0.25, 0.3) is 32.4 Å². The van der Waals surface area contributed by atoms with Gasteiger partial charge >= 0.3 is 0 Å². The van der Waals surface area contributed by atoms with Crippen LogP contribution < -0.4 is 15.4 Å². The molecule has 0 saturated heterocycles. The van der Waals surface area contributed by atoms with Crippen molar-refractivity contribution in [3.05, 3.63) is 66.5 Å². The lowest BCUT2D eigenvalue weighted by Gasteiger charge is -2.07. The lowest BCUT2D eigenvalue weighted by molar-refractivity contribution is -0.115. The van der Waals surface area contributed by atoms with Crippen LogP contribution in [0, 0.1) is 6.92 Å². The third-order valence-electron chi connectivity index (χ3n) is 5.03. The zero-order valence-corrected chi connectivity index (χ0v) is 19.6. The average Bonchev–Trinajstić information content (AvgIpc) is 3.48. The number of anilines is 2. The van der Waals surface area contributed by atoms with Crippen molar-refractivity contribution in [2.24, 2.45) is 0 Å². The number of thiazole rings is 1. The fraction of sp³-hybridized carbons (Fsp3) is 0.125. The van der Waals surface area contributed by atoms with Gasteiger partial charge in [0.1, 0.15) is 11.6 Å². The number of hydrogen-bond donors (Lipinski definition) is 3. The SMILES string of the molecule is CCOc1cccc2nc(NC(=O)C(O)=CNc3nccc4ccc(-c5noc(C)n5)cc34)sc12. The number of nitrogens with one attached hydrogen (secondary N) is 2. The molecule has 0 aliphatic rings. The maximum atomic E-state index is 12.5. The van der Waals surface area contributed by atoms with Crippen LogP contribution in [0.2, 0.25) is 0 Å². The first-order chi connectivity index (χ1) is 17.0. The van der Waals surface area contributed by atoms with Gasteiger partial charge in [0.2, 0.25) is 11.7 Å². The quantitative estimate of drug-likeness (QED) is 0.212. The van der Waals surface area contributed by atoms with Crippen LogP contribution in [-0.2, 0) is 4.79 Å².